The van der Waals surface area contributed by atoms with E-state index in [-0.39, 0.29) is 5.97 Å². The Morgan fingerprint density at radius 2 is 2.40 bits per heavy atom. The van der Waals surface area contributed by atoms with Gasteiger partial charge in [-0.3, -0.25) is 0 Å². The highest BCUT2D eigenvalue weighted by atomic mass is 35.5. The molecule has 0 aliphatic heterocycles. The van der Waals surface area contributed by atoms with Gasteiger partial charge in [-0.05, 0) is 37.1 Å². The van der Waals surface area contributed by atoms with Crippen molar-refractivity contribution in [2.45, 2.75) is 13.8 Å². The molecule has 0 saturated carbocycles. The van der Waals surface area contributed by atoms with E-state index in [4.69, 9.17) is 16.3 Å². The lowest BCUT2D eigenvalue weighted by Crippen LogP contribution is -1.98. The molecule has 1 heterocycles. The average Bonchev–Trinajstić information content (AvgIpc) is 2.20. The zero-order valence-electron chi connectivity index (χ0n) is 8.66. The molecule has 1 aromatic heterocycles. The summed E-state index contributed by atoms with van der Waals surface area (Å²) < 4.78 is 4.75. The van der Waals surface area contributed by atoms with Gasteiger partial charge in [-0.1, -0.05) is 11.6 Å². The van der Waals surface area contributed by atoms with Gasteiger partial charge in [0, 0.05) is 12.3 Å². The molecule has 0 spiro atoms. The summed E-state index contributed by atoms with van der Waals surface area (Å²) in [6, 6.07) is 1.85. The van der Waals surface area contributed by atoms with Crippen LogP contribution in [-0.2, 0) is 9.53 Å². The van der Waals surface area contributed by atoms with Crippen molar-refractivity contribution in [3.05, 3.63) is 34.6 Å². The molecule has 15 heavy (non-hydrogen) atoms. The van der Waals surface area contributed by atoms with Gasteiger partial charge in [-0.2, -0.15) is 0 Å². The van der Waals surface area contributed by atoms with E-state index in [0.29, 0.717) is 11.8 Å². The number of carbonyl (C=O) groups excluding carboxylic acids is 1. The van der Waals surface area contributed by atoms with Gasteiger partial charge in [0.05, 0.1) is 6.61 Å². The predicted octanol–water partition coefficient (Wildman–Crippen LogP) is 2.62. The van der Waals surface area contributed by atoms with Crippen LogP contribution in [0.2, 0.25) is 5.15 Å². The van der Waals surface area contributed by atoms with E-state index in [0.717, 1.165) is 11.1 Å². The second-order valence-corrected chi connectivity index (χ2v) is 3.32. The van der Waals surface area contributed by atoms with Crippen LogP contribution in [0.15, 0.2) is 18.3 Å². The topological polar surface area (TPSA) is 39.2 Å². The molecule has 0 aliphatic rings. The number of ether oxygens (including phenoxy) is 1. The molecule has 1 rings (SSSR count). The number of aryl methyl sites for hydroxylation is 1. The number of rotatable bonds is 3. The van der Waals surface area contributed by atoms with Gasteiger partial charge in [0.15, 0.2) is 0 Å². The van der Waals surface area contributed by atoms with Crippen molar-refractivity contribution in [1.82, 2.24) is 4.98 Å². The van der Waals surface area contributed by atoms with E-state index in [9.17, 15) is 4.79 Å². The monoisotopic (exact) mass is 225 g/mol. The minimum atomic E-state index is -0.356. The Balaban J connectivity index is 2.72. The van der Waals surface area contributed by atoms with E-state index in [2.05, 4.69) is 4.98 Å². The van der Waals surface area contributed by atoms with Crippen molar-refractivity contribution in [1.29, 1.82) is 0 Å². The molecule has 3 nitrogen and oxygen atoms in total. The number of pyridine rings is 1. The third-order valence-electron chi connectivity index (χ3n) is 1.73. The van der Waals surface area contributed by atoms with Crippen LogP contribution in [0.3, 0.4) is 0 Å². The molecule has 1 aromatic rings. The molecule has 0 aromatic carbocycles. The zero-order chi connectivity index (χ0) is 11.3. The van der Waals surface area contributed by atoms with Crippen LogP contribution in [0.25, 0.3) is 6.08 Å². The molecule has 0 saturated heterocycles. The van der Waals surface area contributed by atoms with Crippen molar-refractivity contribution in [3.8, 4) is 0 Å². The van der Waals surface area contributed by atoms with E-state index in [1.807, 2.05) is 13.0 Å². The van der Waals surface area contributed by atoms with Gasteiger partial charge in [0.2, 0.25) is 0 Å². The fourth-order valence-corrected chi connectivity index (χ4v) is 1.13. The summed E-state index contributed by atoms with van der Waals surface area (Å²) in [5.41, 5.74) is 1.70. The number of nitrogens with zero attached hydrogens (tertiary/aromatic N) is 1. The maximum Gasteiger partial charge on any atom is 0.330 e. The lowest BCUT2D eigenvalue weighted by molar-refractivity contribution is -0.137. The molecule has 80 valence electrons. The van der Waals surface area contributed by atoms with Gasteiger partial charge < -0.3 is 4.74 Å². The van der Waals surface area contributed by atoms with Crippen LogP contribution in [-0.4, -0.2) is 17.6 Å². The Morgan fingerprint density at radius 3 is 3.00 bits per heavy atom. The van der Waals surface area contributed by atoms with Crippen molar-refractivity contribution < 1.29 is 9.53 Å². The first-order chi connectivity index (χ1) is 7.13. The largest absolute Gasteiger partial charge is 0.463 e. The molecule has 0 amide bonds. The van der Waals surface area contributed by atoms with Crippen molar-refractivity contribution >= 4 is 23.6 Å². The number of halogens is 1. The Hall–Kier alpha value is -1.35. The zero-order valence-corrected chi connectivity index (χ0v) is 9.41. The highest BCUT2D eigenvalue weighted by molar-refractivity contribution is 6.30. The molecule has 0 bridgehead atoms. The summed E-state index contributed by atoms with van der Waals surface area (Å²) >= 11 is 5.77. The van der Waals surface area contributed by atoms with Crippen molar-refractivity contribution in [2.75, 3.05) is 6.61 Å². The van der Waals surface area contributed by atoms with E-state index >= 15 is 0 Å². The fraction of sp³-hybridized carbons (Fsp3) is 0.273. The second-order valence-electron chi connectivity index (χ2n) is 2.96. The quantitative estimate of drug-likeness (QED) is 0.451. The number of aromatic nitrogens is 1. The van der Waals surface area contributed by atoms with Gasteiger partial charge in [-0.15, -0.1) is 0 Å². The van der Waals surface area contributed by atoms with Crippen molar-refractivity contribution in [3.63, 3.8) is 0 Å². The third kappa shape index (κ3) is 3.72. The van der Waals surface area contributed by atoms with Crippen LogP contribution in [0.4, 0.5) is 0 Å². The van der Waals surface area contributed by atoms with E-state index < -0.39 is 0 Å². The summed E-state index contributed by atoms with van der Waals surface area (Å²) in [4.78, 5) is 15.0. The summed E-state index contributed by atoms with van der Waals surface area (Å²) in [6.07, 6.45) is 4.62. The first-order valence-corrected chi connectivity index (χ1v) is 4.98. The maximum absolute atomic E-state index is 11.0. The normalized spacial score (nSPS) is 10.6. The first-order valence-electron chi connectivity index (χ1n) is 4.60. The molecule has 0 radical (unpaired) electrons. The lowest BCUT2D eigenvalue weighted by atomic mass is 10.2. The highest BCUT2D eigenvalue weighted by Crippen LogP contribution is 2.13. The first kappa shape index (κ1) is 11.7. The number of hydrogen-bond donors (Lipinski definition) is 0. The smallest absolute Gasteiger partial charge is 0.330 e. The lowest BCUT2D eigenvalue weighted by Gasteiger charge is -1.98. The summed E-state index contributed by atoms with van der Waals surface area (Å²) in [7, 11) is 0. The van der Waals surface area contributed by atoms with Crippen LogP contribution in [0.1, 0.15) is 18.1 Å². The Morgan fingerprint density at radius 1 is 1.67 bits per heavy atom. The molecule has 0 aliphatic carbocycles. The maximum atomic E-state index is 11.0. The highest BCUT2D eigenvalue weighted by Gasteiger charge is 1.97. The standard InChI is InChI=1S/C11H12ClNO2/c1-3-15-10(14)5-4-9-6-8(2)11(12)13-7-9/h4-7H,3H2,1-2H3. The minimum absolute atomic E-state index is 0.356. The molecule has 0 unspecified atom stereocenters. The average molecular weight is 226 g/mol. The number of esters is 1. The SMILES string of the molecule is CCOC(=O)C=Cc1cnc(Cl)c(C)c1. The molecule has 0 N–H and O–H groups in total. The number of carbonyl (C=O) groups is 1. The van der Waals surface area contributed by atoms with Crippen LogP contribution in [0, 0.1) is 6.92 Å². The van der Waals surface area contributed by atoms with Crippen LogP contribution in [0.5, 0.6) is 0 Å². The molecule has 4 heteroatoms. The summed E-state index contributed by atoms with van der Waals surface area (Å²) in [6.45, 7) is 4.00. The summed E-state index contributed by atoms with van der Waals surface area (Å²) in [5, 5.41) is 0.475. The van der Waals surface area contributed by atoms with Gasteiger partial charge in [-0.25, -0.2) is 9.78 Å². The van der Waals surface area contributed by atoms with Crippen LogP contribution < -0.4 is 0 Å². The van der Waals surface area contributed by atoms with Crippen molar-refractivity contribution in [2.24, 2.45) is 0 Å². The van der Waals surface area contributed by atoms with E-state index in [1.165, 1.54) is 6.08 Å². The van der Waals surface area contributed by atoms with Crippen LogP contribution >= 0.6 is 11.6 Å². The molecular weight excluding hydrogens is 214 g/mol. The fourth-order valence-electron chi connectivity index (χ4n) is 1.03. The molecule has 0 atom stereocenters. The van der Waals surface area contributed by atoms with E-state index in [1.54, 1.807) is 19.2 Å². The Labute approximate surface area is 93.7 Å². The van der Waals surface area contributed by atoms with Gasteiger partial charge in [0.1, 0.15) is 5.15 Å². The number of hydrogen-bond acceptors (Lipinski definition) is 3. The Bertz CT molecular complexity index is 388. The molecule has 0 fully saturated rings. The van der Waals surface area contributed by atoms with Gasteiger partial charge >= 0.3 is 5.97 Å². The van der Waals surface area contributed by atoms with Gasteiger partial charge in [0.25, 0.3) is 0 Å². The molecular formula is C11H12ClNO2. The summed E-state index contributed by atoms with van der Waals surface area (Å²) in [5.74, 6) is -0.356. The second kappa shape index (κ2) is 5.51. The third-order valence-corrected chi connectivity index (χ3v) is 2.13. The predicted molar refractivity (Wildman–Crippen MR) is 59.7 cm³/mol. The Kier molecular flexibility index (Phi) is 4.31. The minimum Gasteiger partial charge on any atom is -0.463 e.